The zero-order valence-electron chi connectivity index (χ0n) is 14.2. The molecule has 1 unspecified atom stereocenters. The Balaban J connectivity index is 1.88. The summed E-state index contributed by atoms with van der Waals surface area (Å²) in [6.45, 7) is 9.57. The molecule has 0 radical (unpaired) electrons. The van der Waals surface area contributed by atoms with Crippen molar-refractivity contribution >= 4 is 8.56 Å². The van der Waals surface area contributed by atoms with Crippen LogP contribution >= 0.6 is 0 Å². The van der Waals surface area contributed by atoms with Crippen molar-refractivity contribution in [2.24, 2.45) is 0 Å². The van der Waals surface area contributed by atoms with Crippen molar-refractivity contribution < 1.29 is 18.3 Å². The van der Waals surface area contributed by atoms with E-state index in [-0.39, 0.29) is 6.29 Å². The molecule has 1 heterocycles. The van der Waals surface area contributed by atoms with Gasteiger partial charge >= 0.3 is 8.56 Å². The molecule has 1 aliphatic rings. The second kappa shape index (κ2) is 11.6. The van der Waals surface area contributed by atoms with E-state index in [1.165, 1.54) is 32.1 Å². The topological polar surface area (TPSA) is 36.9 Å². The maximum atomic E-state index is 5.86. The largest absolute Gasteiger partial charge is 0.395 e. The minimum atomic E-state index is -1.87. The molecular formula is C16H34O4Si. The van der Waals surface area contributed by atoms with Crippen LogP contribution < -0.4 is 0 Å². The van der Waals surface area contributed by atoms with Gasteiger partial charge in [0, 0.05) is 26.2 Å². The van der Waals surface area contributed by atoms with Crippen LogP contribution in [-0.4, -0.2) is 41.3 Å². The number of hydrogen-bond acceptors (Lipinski definition) is 4. The third-order valence-electron chi connectivity index (χ3n) is 3.89. The van der Waals surface area contributed by atoms with Crippen LogP contribution in [0.1, 0.15) is 58.8 Å². The monoisotopic (exact) mass is 318 g/mol. The highest BCUT2D eigenvalue weighted by atomic mass is 28.4. The van der Waals surface area contributed by atoms with Gasteiger partial charge in [-0.05, 0) is 32.9 Å². The van der Waals surface area contributed by atoms with Gasteiger partial charge in [-0.15, -0.1) is 0 Å². The maximum absolute atomic E-state index is 5.86. The zero-order chi connectivity index (χ0) is 15.4. The molecule has 1 rings (SSSR count). The number of ether oxygens (including phenoxy) is 2. The minimum absolute atomic E-state index is 0.102. The van der Waals surface area contributed by atoms with Gasteiger partial charge in [0.25, 0.3) is 0 Å². The molecule has 0 aromatic rings. The van der Waals surface area contributed by atoms with Gasteiger partial charge in [-0.1, -0.05) is 32.1 Å². The number of hydrogen-bond donors (Lipinski definition) is 0. The van der Waals surface area contributed by atoms with Gasteiger partial charge in [0.05, 0.1) is 6.61 Å². The molecule has 0 amide bonds. The first kappa shape index (κ1) is 19.1. The molecule has 0 N–H and O–H groups in total. The summed E-state index contributed by atoms with van der Waals surface area (Å²) in [7, 11) is -1.87. The van der Waals surface area contributed by atoms with Gasteiger partial charge in [-0.3, -0.25) is 0 Å². The SMILES string of the molecule is CCO[Si](C)(CCCCCCCCOC1CCO1)OCC. The second-order valence-electron chi connectivity index (χ2n) is 5.83. The predicted molar refractivity (Wildman–Crippen MR) is 87.7 cm³/mol. The number of rotatable bonds is 14. The van der Waals surface area contributed by atoms with Crippen LogP contribution in [0.25, 0.3) is 0 Å². The van der Waals surface area contributed by atoms with Crippen molar-refractivity contribution in [1.82, 2.24) is 0 Å². The highest BCUT2D eigenvalue weighted by molar-refractivity contribution is 6.66. The summed E-state index contributed by atoms with van der Waals surface area (Å²) < 4.78 is 22.5. The van der Waals surface area contributed by atoms with E-state index in [1.807, 2.05) is 0 Å². The zero-order valence-corrected chi connectivity index (χ0v) is 15.2. The molecule has 1 saturated heterocycles. The summed E-state index contributed by atoms with van der Waals surface area (Å²) in [5, 5.41) is 0. The van der Waals surface area contributed by atoms with E-state index in [1.54, 1.807) is 0 Å². The molecule has 0 spiro atoms. The van der Waals surface area contributed by atoms with Gasteiger partial charge in [0.2, 0.25) is 0 Å². The lowest BCUT2D eigenvalue weighted by molar-refractivity contribution is -0.214. The van der Waals surface area contributed by atoms with Crippen LogP contribution in [0.3, 0.4) is 0 Å². The average molecular weight is 319 g/mol. The first-order valence-electron chi connectivity index (χ1n) is 8.71. The van der Waals surface area contributed by atoms with E-state index < -0.39 is 8.56 Å². The quantitative estimate of drug-likeness (QED) is 0.355. The van der Waals surface area contributed by atoms with Gasteiger partial charge < -0.3 is 18.3 Å². The van der Waals surface area contributed by atoms with Crippen LogP contribution in [0.2, 0.25) is 12.6 Å². The highest BCUT2D eigenvalue weighted by Gasteiger charge is 2.29. The molecule has 0 aromatic heterocycles. The molecule has 0 bridgehead atoms. The summed E-state index contributed by atoms with van der Waals surface area (Å²) in [5.41, 5.74) is 0. The average Bonchev–Trinajstić information content (AvgIpc) is 2.39. The molecule has 126 valence electrons. The first-order chi connectivity index (χ1) is 10.2. The van der Waals surface area contributed by atoms with Gasteiger partial charge in [-0.25, -0.2) is 0 Å². The normalized spacial score (nSPS) is 18.7. The fourth-order valence-electron chi connectivity index (χ4n) is 2.61. The molecule has 1 fully saturated rings. The van der Waals surface area contributed by atoms with Crippen molar-refractivity contribution in [3.05, 3.63) is 0 Å². The van der Waals surface area contributed by atoms with Crippen molar-refractivity contribution in [3.63, 3.8) is 0 Å². The lowest BCUT2D eigenvalue weighted by Crippen LogP contribution is -2.38. The van der Waals surface area contributed by atoms with Crippen molar-refractivity contribution in [2.75, 3.05) is 26.4 Å². The lowest BCUT2D eigenvalue weighted by Gasteiger charge is -2.26. The first-order valence-corrected chi connectivity index (χ1v) is 11.2. The summed E-state index contributed by atoms with van der Waals surface area (Å²) in [6.07, 6.45) is 8.72. The summed E-state index contributed by atoms with van der Waals surface area (Å²) >= 11 is 0. The standard InChI is InChI=1S/C16H34O4Si/c1-4-19-21(3,20-5-2)15-11-9-7-6-8-10-13-17-16-12-14-18-16/h16H,4-15H2,1-3H3. The summed E-state index contributed by atoms with van der Waals surface area (Å²) in [6, 6.07) is 1.12. The molecule has 4 nitrogen and oxygen atoms in total. The molecule has 1 aliphatic heterocycles. The van der Waals surface area contributed by atoms with Crippen LogP contribution in [-0.2, 0) is 18.3 Å². The van der Waals surface area contributed by atoms with Crippen LogP contribution in [0.15, 0.2) is 0 Å². The Morgan fingerprint density at radius 2 is 1.52 bits per heavy atom. The maximum Gasteiger partial charge on any atom is 0.334 e. The van der Waals surface area contributed by atoms with E-state index in [2.05, 4.69) is 20.4 Å². The molecule has 5 heteroatoms. The molecule has 21 heavy (non-hydrogen) atoms. The van der Waals surface area contributed by atoms with Crippen LogP contribution in [0.5, 0.6) is 0 Å². The molecular weight excluding hydrogens is 284 g/mol. The Morgan fingerprint density at radius 3 is 2.05 bits per heavy atom. The second-order valence-corrected chi connectivity index (χ2v) is 9.18. The number of unbranched alkanes of at least 4 members (excludes halogenated alkanes) is 5. The van der Waals surface area contributed by atoms with E-state index >= 15 is 0 Å². The third-order valence-corrected chi connectivity index (χ3v) is 6.95. The van der Waals surface area contributed by atoms with Crippen LogP contribution in [0, 0.1) is 0 Å². The van der Waals surface area contributed by atoms with Gasteiger partial charge in [-0.2, -0.15) is 0 Å². The Labute approximate surface area is 131 Å². The summed E-state index contributed by atoms with van der Waals surface area (Å²) in [5.74, 6) is 0. The predicted octanol–water partition coefficient (Wildman–Crippen LogP) is 4.24. The Bertz CT molecular complexity index is 240. The Hall–Kier alpha value is 0.0569. The lowest BCUT2D eigenvalue weighted by atomic mass is 10.1. The van der Waals surface area contributed by atoms with E-state index in [4.69, 9.17) is 18.3 Å². The van der Waals surface area contributed by atoms with E-state index in [9.17, 15) is 0 Å². The molecule has 0 aliphatic carbocycles. The van der Waals surface area contributed by atoms with Crippen molar-refractivity contribution in [2.45, 2.75) is 77.7 Å². The molecule has 0 aromatic carbocycles. The van der Waals surface area contributed by atoms with Crippen LogP contribution in [0.4, 0.5) is 0 Å². The van der Waals surface area contributed by atoms with E-state index in [0.717, 1.165) is 45.3 Å². The Kier molecular flexibility index (Phi) is 10.6. The fraction of sp³-hybridized carbons (Fsp3) is 1.00. The fourth-order valence-corrected chi connectivity index (χ4v) is 5.10. The van der Waals surface area contributed by atoms with Crippen molar-refractivity contribution in [1.29, 1.82) is 0 Å². The Morgan fingerprint density at radius 1 is 0.952 bits per heavy atom. The van der Waals surface area contributed by atoms with Gasteiger partial charge in [0.15, 0.2) is 6.29 Å². The summed E-state index contributed by atoms with van der Waals surface area (Å²) in [4.78, 5) is 0. The highest BCUT2D eigenvalue weighted by Crippen LogP contribution is 2.19. The van der Waals surface area contributed by atoms with Gasteiger partial charge in [0.1, 0.15) is 0 Å². The van der Waals surface area contributed by atoms with E-state index in [0.29, 0.717) is 0 Å². The van der Waals surface area contributed by atoms with Crippen molar-refractivity contribution in [3.8, 4) is 0 Å². The minimum Gasteiger partial charge on any atom is -0.395 e. The third kappa shape index (κ3) is 8.93. The smallest absolute Gasteiger partial charge is 0.334 e. The molecule has 0 saturated carbocycles. The molecule has 1 atom stereocenters.